The molecule has 380 valence electrons. The van der Waals surface area contributed by atoms with Gasteiger partial charge in [-0.1, -0.05) is 126 Å². The van der Waals surface area contributed by atoms with Gasteiger partial charge in [-0.2, -0.15) is 0 Å². The van der Waals surface area contributed by atoms with Crippen LogP contribution in [0.25, 0.3) is 0 Å². The lowest BCUT2D eigenvalue weighted by molar-refractivity contribution is -0.328. The Bertz CT molecular complexity index is 2030. The van der Waals surface area contributed by atoms with Crippen LogP contribution in [0.15, 0.2) is 72.3 Å². The smallest absolute Gasteiger partial charge is 0.331 e. The van der Waals surface area contributed by atoms with Crippen molar-refractivity contribution in [1.29, 1.82) is 0 Å². The van der Waals surface area contributed by atoms with E-state index in [1.165, 1.54) is 76.2 Å². The van der Waals surface area contributed by atoms with Gasteiger partial charge in [-0.25, -0.2) is 4.79 Å². The van der Waals surface area contributed by atoms with E-state index in [0.717, 1.165) is 88.5 Å². The maximum atomic E-state index is 14.5. The molecular formula is C62H90O7. The minimum Gasteiger partial charge on any atom is -0.462 e. The molecule has 6 fully saturated rings. The number of ether oxygens (including phenoxy) is 2. The van der Waals surface area contributed by atoms with Crippen molar-refractivity contribution in [2.45, 2.75) is 230 Å². The Morgan fingerprint density at radius 3 is 2.19 bits per heavy atom. The van der Waals surface area contributed by atoms with Crippen molar-refractivity contribution in [1.82, 2.24) is 0 Å². The van der Waals surface area contributed by atoms with Gasteiger partial charge in [-0.3, -0.25) is 4.79 Å². The van der Waals surface area contributed by atoms with Crippen LogP contribution in [0.3, 0.4) is 0 Å². The van der Waals surface area contributed by atoms with E-state index in [4.69, 9.17) is 9.47 Å². The third-order valence-electron chi connectivity index (χ3n) is 21.2. The van der Waals surface area contributed by atoms with E-state index in [2.05, 4.69) is 81.4 Å². The van der Waals surface area contributed by atoms with Crippen molar-refractivity contribution in [3.05, 3.63) is 83.4 Å². The topological polar surface area (TPSA) is 113 Å². The Morgan fingerprint density at radius 1 is 0.812 bits per heavy atom. The summed E-state index contributed by atoms with van der Waals surface area (Å²) in [5, 5.41) is 40.4. The fourth-order valence-electron chi connectivity index (χ4n) is 17.4. The second-order valence-corrected chi connectivity index (χ2v) is 25.1. The van der Waals surface area contributed by atoms with Crippen LogP contribution in [0.2, 0.25) is 0 Å². The minimum absolute atomic E-state index is 0.118. The molecule has 2 aromatic rings. The van der Waals surface area contributed by atoms with E-state index in [1.807, 2.05) is 0 Å². The first-order chi connectivity index (χ1) is 33.3. The quantitative estimate of drug-likeness (QED) is 0.135. The first-order valence-electron chi connectivity index (χ1n) is 28.5. The van der Waals surface area contributed by atoms with E-state index in [0.29, 0.717) is 54.8 Å². The molecule has 1 aliphatic heterocycles. The van der Waals surface area contributed by atoms with Crippen molar-refractivity contribution in [2.75, 3.05) is 6.61 Å². The van der Waals surface area contributed by atoms with Crippen LogP contribution in [0.1, 0.15) is 205 Å². The number of rotatable bonds is 17. The predicted octanol–water partition coefficient (Wildman–Crippen LogP) is 13.3. The van der Waals surface area contributed by atoms with E-state index in [-0.39, 0.29) is 30.4 Å². The molecule has 6 aliphatic carbocycles. The molecule has 0 aromatic heterocycles. The van der Waals surface area contributed by atoms with Gasteiger partial charge in [-0.15, -0.1) is 0 Å². The summed E-state index contributed by atoms with van der Waals surface area (Å²) in [6, 6.07) is 22.1. The molecule has 7 heteroatoms. The number of carbonyl (C=O) groups is 2. The van der Waals surface area contributed by atoms with Crippen LogP contribution < -0.4 is 0 Å². The maximum Gasteiger partial charge on any atom is 0.331 e. The third kappa shape index (κ3) is 10.3. The molecule has 0 amide bonds. The highest BCUT2D eigenvalue weighted by atomic mass is 16.5. The Labute approximate surface area is 416 Å². The molecule has 0 saturated heterocycles. The van der Waals surface area contributed by atoms with Gasteiger partial charge in [0, 0.05) is 12.0 Å². The second-order valence-electron chi connectivity index (χ2n) is 25.1. The highest BCUT2D eigenvalue weighted by Gasteiger charge is 2.74. The van der Waals surface area contributed by atoms with Gasteiger partial charge in [0.25, 0.3) is 0 Å². The fraction of sp³-hybridized carbons (Fsp3) is 0.742. The Kier molecular flexibility index (Phi) is 15.9. The highest BCUT2D eigenvalue weighted by Crippen LogP contribution is 2.70. The van der Waals surface area contributed by atoms with E-state index in [1.54, 1.807) is 11.6 Å². The molecule has 7 aliphatic rings. The maximum absolute atomic E-state index is 14.5. The summed E-state index contributed by atoms with van der Waals surface area (Å²) in [6.07, 6.45) is 27.3. The highest BCUT2D eigenvalue weighted by molar-refractivity contribution is 5.85. The second kappa shape index (κ2) is 21.6. The van der Waals surface area contributed by atoms with Crippen LogP contribution in [-0.2, 0) is 30.9 Å². The van der Waals surface area contributed by atoms with E-state index >= 15 is 0 Å². The van der Waals surface area contributed by atoms with Gasteiger partial charge in [0.1, 0.15) is 12.7 Å². The van der Waals surface area contributed by atoms with Crippen molar-refractivity contribution in [3.63, 3.8) is 0 Å². The number of aliphatic hydroxyl groups is 3. The van der Waals surface area contributed by atoms with Crippen molar-refractivity contribution < 1.29 is 34.4 Å². The molecule has 0 radical (unpaired) electrons. The SMILES string of the molecule is CC(CCCc1ccccc1)CCC(O)C12C(O)CCC(C)(C3CCC4(CCC(CC5(c6ccccc6)CCCCC5)C4)CC3)C1C(OC(=O)C1CCCCC1)CC(C)C2(O)CCC1=CC(=O)OC1. The van der Waals surface area contributed by atoms with E-state index in [9.17, 15) is 24.9 Å². The Morgan fingerprint density at radius 2 is 1.49 bits per heavy atom. The number of hydrogen-bond donors (Lipinski definition) is 3. The monoisotopic (exact) mass is 947 g/mol. The average molecular weight is 947 g/mol. The summed E-state index contributed by atoms with van der Waals surface area (Å²) in [5.41, 5.74) is 1.19. The molecule has 6 saturated carbocycles. The zero-order valence-electron chi connectivity index (χ0n) is 43.0. The molecular weight excluding hydrogens is 857 g/mol. The Balaban J connectivity index is 1.01. The van der Waals surface area contributed by atoms with Crippen LogP contribution >= 0.6 is 0 Å². The average Bonchev–Trinajstić information content (AvgIpc) is 3.98. The third-order valence-corrected chi connectivity index (χ3v) is 21.2. The molecule has 69 heavy (non-hydrogen) atoms. The summed E-state index contributed by atoms with van der Waals surface area (Å²) >= 11 is 0. The van der Waals surface area contributed by atoms with Crippen LogP contribution in [-0.4, -0.2) is 57.8 Å². The van der Waals surface area contributed by atoms with Gasteiger partial charge >= 0.3 is 11.9 Å². The van der Waals surface area contributed by atoms with Gasteiger partial charge in [0.15, 0.2) is 0 Å². The molecule has 3 N–H and O–H groups in total. The number of carbonyl (C=O) groups excluding carboxylic acids is 2. The van der Waals surface area contributed by atoms with Gasteiger partial charge in [-0.05, 0) is 191 Å². The molecule has 10 atom stereocenters. The molecule has 10 unspecified atom stereocenters. The Hall–Kier alpha value is -3.00. The molecule has 0 bridgehead atoms. The zero-order valence-corrected chi connectivity index (χ0v) is 43.0. The molecule has 7 nitrogen and oxygen atoms in total. The van der Waals surface area contributed by atoms with Crippen molar-refractivity contribution in [3.8, 4) is 0 Å². The summed E-state index contributed by atoms with van der Waals surface area (Å²) in [6.45, 7) is 6.98. The number of aryl methyl sites for hydroxylation is 1. The summed E-state index contributed by atoms with van der Waals surface area (Å²) < 4.78 is 12.3. The number of benzene rings is 2. The first kappa shape index (κ1) is 50.9. The molecule has 1 heterocycles. The number of cyclic esters (lactones) is 1. The fourth-order valence-corrected chi connectivity index (χ4v) is 17.4. The zero-order chi connectivity index (χ0) is 48.3. The van der Waals surface area contributed by atoms with Gasteiger partial charge < -0.3 is 24.8 Å². The van der Waals surface area contributed by atoms with E-state index < -0.39 is 40.7 Å². The lowest BCUT2D eigenvalue weighted by Gasteiger charge is -2.70. The molecule has 9 rings (SSSR count). The summed E-state index contributed by atoms with van der Waals surface area (Å²) in [5.74, 6) is -0.00180. The number of esters is 2. The lowest BCUT2D eigenvalue weighted by atomic mass is 9.37. The van der Waals surface area contributed by atoms with Gasteiger partial charge in [0.2, 0.25) is 0 Å². The molecule has 2 aromatic carbocycles. The van der Waals surface area contributed by atoms with Gasteiger partial charge in [0.05, 0.1) is 29.1 Å². The largest absolute Gasteiger partial charge is 0.462 e. The summed E-state index contributed by atoms with van der Waals surface area (Å²) in [4.78, 5) is 26.8. The van der Waals surface area contributed by atoms with Crippen molar-refractivity contribution in [2.24, 2.45) is 51.8 Å². The minimum atomic E-state index is -1.49. The number of hydrogen-bond acceptors (Lipinski definition) is 7. The molecule has 1 spiro atoms. The normalized spacial score (nSPS) is 36.8. The number of aliphatic hydroxyl groups excluding tert-OH is 2. The van der Waals surface area contributed by atoms with Crippen molar-refractivity contribution >= 4 is 11.9 Å². The van der Waals surface area contributed by atoms with Crippen LogP contribution in [0.4, 0.5) is 0 Å². The summed E-state index contributed by atoms with van der Waals surface area (Å²) in [7, 11) is 0. The predicted molar refractivity (Wildman–Crippen MR) is 274 cm³/mol. The lowest BCUT2D eigenvalue weighted by Crippen LogP contribution is -2.77. The number of fused-ring (bicyclic) bond motifs is 1. The van der Waals surface area contributed by atoms with Crippen LogP contribution in [0.5, 0.6) is 0 Å². The first-order valence-corrected chi connectivity index (χ1v) is 28.5. The standard InChI is InChI=1S/C62H90O7/c1-44(17-16-20-46-18-8-4-9-19-46)25-26-53(63)62-54(64)31-34-58(3,50-29-36-59(37-30-50)35-27-48(41-59)42-60(32-14-7-15-33-60)51-23-12-6-13-24-51)56(62)52(69-57(66)49-21-10-5-11-22-49)39-45(2)61(62,67)38-28-47-40-55(65)68-43-47/h4,6,8-9,12-13,18-19,23-24,40,44-45,48-50,52-54,56,63-64,67H,5,7,10-11,14-17,20-22,25-39,41-43H2,1-3H3. The van der Waals surface area contributed by atoms with Crippen LogP contribution in [0, 0.1) is 51.8 Å².